The first-order valence-corrected chi connectivity index (χ1v) is 13.2. The van der Waals surface area contributed by atoms with Crippen LogP contribution in [0.4, 0.5) is 5.69 Å². The van der Waals surface area contributed by atoms with E-state index in [-0.39, 0.29) is 38.2 Å². The number of nitrogens with zero attached hydrogens (tertiary/aromatic N) is 1. The summed E-state index contributed by atoms with van der Waals surface area (Å²) >= 11 is 24.0. The van der Waals surface area contributed by atoms with Crippen molar-refractivity contribution in [2.75, 3.05) is 12.4 Å². The number of rotatable bonds is 8. The van der Waals surface area contributed by atoms with Crippen molar-refractivity contribution in [1.29, 1.82) is 0 Å². The molecule has 0 saturated heterocycles. The molecular weight excluding hydrogens is 612 g/mol. The lowest BCUT2D eigenvalue weighted by Crippen LogP contribution is -2.18. The van der Waals surface area contributed by atoms with Crippen molar-refractivity contribution in [2.45, 2.75) is 0 Å². The number of carbonyl (C=O) groups is 3. The largest absolute Gasteiger partial charge is 0.493 e. The first kappa shape index (κ1) is 29.9. The average molecular weight is 631 g/mol. The van der Waals surface area contributed by atoms with Crippen LogP contribution in [0, 0.1) is 0 Å². The molecule has 0 unspecified atom stereocenters. The van der Waals surface area contributed by atoms with E-state index in [1.807, 2.05) is 0 Å². The zero-order valence-electron chi connectivity index (χ0n) is 21.1. The number of ether oxygens (including phenoxy) is 2. The number of halogens is 4. The van der Waals surface area contributed by atoms with Gasteiger partial charge in [0.2, 0.25) is 0 Å². The van der Waals surface area contributed by atoms with Crippen molar-refractivity contribution in [2.24, 2.45) is 5.10 Å². The summed E-state index contributed by atoms with van der Waals surface area (Å²) in [7, 11) is 1.41. The van der Waals surface area contributed by atoms with Gasteiger partial charge in [-0.15, -0.1) is 0 Å². The van der Waals surface area contributed by atoms with Crippen LogP contribution in [0.15, 0.2) is 84.0 Å². The van der Waals surface area contributed by atoms with E-state index in [1.54, 1.807) is 36.4 Å². The summed E-state index contributed by atoms with van der Waals surface area (Å²) in [5, 5.41) is 7.82. The molecule has 0 bridgehead atoms. The van der Waals surface area contributed by atoms with E-state index in [0.717, 1.165) is 0 Å². The van der Waals surface area contributed by atoms with Crippen molar-refractivity contribution in [3.05, 3.63) is 121 Å². The Hall–Kier alpha value is -4.08. The number of anilines is 1. The Labute approximate surface area is 254 Å². The summed E-state index contributed by atoms with van der Waals surface area (Å²) in [5.41, 5.74) is 3.98. The fourth-order valence-corrected chi connectivity index (χ4v) is 4.48. The normalized spacial score (nSPS) is 10.8. The topological polar surface area (TPSA) is 106 Å². The summed E-state index contributed by atoms with van der Waals surface area (Å²) in [4.78, 5) is 37.8. The number of amides is 2. The third kappa shape index (κ3) is 7.77. The molecule has 0 aromatic heterocycles. The quantitative estimate of drug-likeness (QED) is 0.0905. The average Bonchev–Trinajstić information content (AvgIpc) is 2.93. The summed E-state index contributed by atoms with van der Waals surface area (Å²) in [6.45, 7) is 0. The first-order chi connectivity index (χ1) is 19.6. The van der Waals surface area contributed by atoms with E-state index in [4.69, 9.17) is 55.9 Å². The van der Waals surface area contributed by atoms with Gasteiger partial charge in [0.15, 0.2) is 11.5 Å². The second-order valence-electron chi connectivity index (χ2n) is 8.28. The molecule has 0 aliphatic carbocycles. The van der Waals surface area contributed by atoms with Crippen LogP contribution < -0.4 is 20.2 Å². The summed E-state index contributed by atoms with van der Waals surface area (Å²) in [6, 6.07) is 19.9. The van der Waals surface area contributed by atoms with E-state index in [1.165, 1.54) is 55.8 Å². The minimum atomic E-state index is -0.687. The smallest absolute Gasteiger partial charge is 0.345 e. The lowest BCUT2D eigenvalue weighted by atomic mass is 10.1. The molecule has 0 radical (unpaired) electrons. The Kier molecular flexibility index (Phi) is 9.86. The molecule has 0 saturated carbocycles. The molecule has 2 amide bonds. The molecule has 2 N–H and O–H groups in total. The van der Waals surface area contributed by atoms with E-state index in [9.17, 15) is 14.4 Å². The van der Waals surface area contributed by atoms with Gasteiger partial charge in [0.1, 0.15) is 0 Å². The fraction of sp³-hybridized carbons (Fsp3) is 0.0345. The van der Waals surface area contributed by atoms with Gasteiger partial charge in [-0.3, -0.25) is 9.59 Å². The Morgan fingerprint density at radius 1 is 0.756 bits per heavy atom. The SMILES string of the molecule is COc1cc(C=NNC(=O)c2cccc(NC(=O)c3ccc(Cl)cc3Cl)c2)ccc1OC(=O)c1ccc(Cl)cc1Cl. The lowest BCUT2D eigenvalue weighted by molar-refractivity contribution is 0.0729. The van der Waals surface area contributed by atoms with Crippen LogP contribution in [0.5, 0.6) is 11.5 Å². The standard InChI is InChI=1S/C29H19Cl4N3O5/c1-40-26-11-16(5-10-25(26)41-29(39)22-9-7-19(31)14-24(22)33)15-34-36-27(37)17-3-2-4-20(12-17)35-28(38)21-8-6-18(30)13-23(21)32/h2-15H,1H3,(H,35,38)(H,36,37). The molecule has 4 aromatic carbocycles. The van der Waals surface area contributed by atoms with Gasteiger partial charge in [0, 0.05) is 21.3 Å². The molecule has 8 nitrogen and oxygen atoms in total. The van der Waals surface area contributed by atoms with Crippen LogP contribution >= 0.6 is 46.4 Å². The predicted octanol–water partition coefficient (Wildman–Crippen LogP) is 7.54. The zero-order chi connectivity index (χ0) is 29.5. The number of carbonyl (C=O) groups excluding carboxylic acids is 3. The van der Waals surface area contributed by atoms with E-state index < -0.39 is 17.8 Å². The molecule has 12 heteroatoms. The molecule has 0 atom stereocenters. The zero-order valence-corrected chi connectivity index (χ0v) is 24.1. The van der Waals surface area contributed by atoms with Crippen molar-refractivity contribution in [1.82, 2.24) is 5.43 Å². The third-order valence-electron chi connectivity index (χ3n) is 5.48. The number of benzene rings is 4. The molecule has 0 spiro atoms. The number of esters is 1. The maximum absolute atomic E-state index is 12.6. The number of methoxy groups -OCH3 is 1. The van der Waals surface area contributed by atoms with Gasteiger partial charge in [-0.2, -0.15) is 5.10 Å². The molecular formula is C29H19Cl4N3O5. The Bertz CT molecular complexity index is 1680. The van der Waals surface area contributed by atoms with Gasteiger partial charge >= 0.3 is 5.97 Å². The number of hydrogen-bond acceptors (Lipinski definition) is 6. The van der Waals surface area contributed by atoms with E-state index >= 15 is 0 Å². The molecule has 41 heavy (non-hydrogen) atoms. The number of hydrogen-bond donors (Lipinski definition) is 2. The van der Waals surface area contributed by atoms with Gasteiger partial charge in [0.05, 0.1) is 34.5 Å². The Morgan fingerprint density at radius 3 is 2.10 bits per heavy atom. The van der Waals surface area contributed by atoms with E-state index in [0.29, 0.717) is 21.3 Å². The van der Waals surface area contributed by atoms with Gasteiger partial charge < -0.3 is 14.8 Å². The molecule has 4 rings (SSSR count). The van der Waals surface area contributed by atoms with Crippen molar-refractivity contribution in [3.63, 3.8) is 0 Å². The van der Waals surface area contributed by atoms with Crippen LogP contribution in [-0.4, -0.2) is 31.1 Å². The van der Waals surface area contributed by atoms with Crippen LogP contribution in [-0.2, 0) is 0 Å². The second-order valence-corrected chi connectivity index (χ2v) is 9.97. The maximum Gasteiger partial charge on any atom is 0.345 e. The van der Waals surface area contributed by atoms with Crippen LogP contribution in [0.25, 0.3) is 0 Å². The predicted molar refractivity (Wildman–Crippen MR) is 160 cm³/mol. The highest BCUT2D eigenvalue weighted by molar-refractivity contribution is 6.37. The monoisotopic (exact) mass is 629 g/mol. The van der Waals surface area contributed by atoms with Crippen LogP contribution in [0.3, 0.4) is 0 Å². The van der Waals surface area contributed by atoms with Gasteiger partial charge in [-0.1, -0.05) is 52.5 Å². The molecule has 0 fully saturated rings. The Morgan fingerprint density at radius 2 is 1.44 bits per heavy atom. The van der Waals surface area contributed by atoms with Crippen molar-refractivity contribution >= 4 is 76.1 Å². The second kappa shape index (κ2) is 13.5. The Balaban J connectivity index is 1.39. The van der Waals surface area contributed by atoms with Crippen molar-refractivity contribution < 1.29 is 23.9 Å². The highest BCUT2D eigenvalue weighted by atomic mass is 35.5. The van der Waals surface area contributed by atoms with Crippen molar-refractivity contribution in [3.8, 4) is 11.5 Å². The highest BCUT2D eigenvalue weighted by Crippen LogP contribution is 2.30. The molecule has 4 aromatic rings. The minimum Gasteiger partial charge on any atom is -0.493 e. The molecule has 208 valence electrons. The van der Waals surface area contributed by atoms with E-state index in [2.05, 4.69) is 15.8 Å². The lowest BCUT2D eigenvalue weighted by Gasteiger charge is -2.11. The summed E-state index contributed by atoms with van der Waals surface area (Å²) in [5.74, 6) is -1.25. The number of hydrazone groups is 1. The maximum atomic E-state index is 12.6. The van der Waals surface area contributed by atoms with Gasteiger partial charge in [-0.25, -0.2) is 10.2 Å². The summed E-state index contributed by atoms with van der Waals surface area (Å²) < 4.78 is 10.8. The fourth-order valence-electron chi connectivity index (χ4n) is 3.50. The van der Waals surface area contributed by atoms with Crippen LogP contribution in [0.1, 0.15) is 36.6 Å². The minimum absolute atomic E-state index is 0.142. The molecule has 0 aliphatic heterocycles. The first-order valence-electron chi connectivity index (χ1n) is 11.7. The third-order valence-corrected chi connectivity index (χ3v) is 6.58. The van der Waals surface area contributed by atoms with Crippen LogP contribution in [0.2, 0.25) is 20.1 Å². The molecule has 0 heterocycles. The molecule has 0 aliphatic rings. The van der Waals surface area contributed by atoms with Gasteiger partial charge in [0.25, 0.3) is 11.8 Å². The van der Waals surface area contributed by atoms with Gasteiger partial charge in [-0.05, 0) is 78.4 Å². The summed E-state index contributed by atoms with van der Waals surface area (Å²) in [6.07, 6.45) is 1.39. The number of nitrogens with one attached hydrogen (secondary N) is 2. The highest BCUT2D eigenvalue weighted by Gasteiger charge is 2.16.